The molecule has 0 bridgehead atoms. The SMILES string of the molecule is CCOc1ccc(-n2c(=C(C#N)C#N)s/c(=C/c3cccc(Cl)c3)c2=O)cc1. The van der Waals surface area contributed by atoms with Crippen molar-refractivity contribution in [2.75, 3.05) is 6.61 Å². The summed E-state index contributed by atoms with van der Waals surface area (Å²) in [6, 6.07) is 17.8. The first-order chi connectivity index (χ1) is 13.6. The van der Waals surface area contributed by atoms with Gasteiger partial charge in [0.25, 0.3) is 5.56 Å². The number of halogens is 1. The van der Waals surface area contributed by atoms with E-state index in [2.05, 4.69) is 0 Å². The van der Waals surface area contributed by atoms with E-state index in [1.807, 2.05) is 25.1 Å². The molecule has 3 aromatic rings. The Labute approximate surface area is 170 Å². The van der Waals surface area contributed by atoms with E-state index in [4.69, 9.17) is 16.3 Å². The van der Waals surface area contributed by atoms with Crippen molar-refractivity contribution in [3.63, 3.8) is 0 Å². The fourth-order valence-electron chi connectivity index (χ4n) is 2.61. The smallest absolute Gasteiger partial charge is 0.273 e. The van der Waals surface area contributed by atoms with Crippen molar-refractivity contribution in [1.82, 2.24) is 4.57 Å². The van der Waals surface area contributed by atoms with Gasteiger partial charge in [-0.05, 0) is 55.0 Å². The van der Waals surface area contributed by atoms with Crippen molar-refractivity contribution in [2.24, 2.45) is 0 Å². The molecule has 0 saturated heterocycles. The zero-order valence-corrected chi connectivity index (χ0v) is 16.4. The summed E-state index contributed by atoms with van der Waals surface area (Å²) in [7, 11) is 0. The number of aromatic nitrogens is 1. The lowest BCUT2D eigenvalue weighted by Gasteiger charge is -2.05. The Morgan fingerprint density at radius 1 is 1.21 bits per heavy atom. The van der Waals surface area contributed by atoms with E-state index in [1.165, 1.54) is 4.57 Å². The van der Waals surface area contributed by atoms with Gasteiger partial charge in [0.05, 0.1) is 16.8 Å². The van der Waals surface area contributed by atoms with E-state index < -0.39 is 0 Å². The molecule has 2 aromatic carbocycles. The summed E-state index contributed by atoms with van der Waals surface area (Å²) in [5.74, 6) is 0.673. The Balaban J connectivity index is 2.29. The molecule has 0 aliphatic carbocycles. The zero-order valence-electron chi connectivity index (χ0n) is 14.8. The van der Waals surface area contributed by atoms with Gasteiger partial charge in [-0.2, -0.15) is 10.5 Å². The first kappa shape index (κ1) is 19.4. The highest BCUT2D eigenvalue weighted by Gasteiger charge is 2.11. The largest absolute Gasteiger partial charge is 0.494 e. The summed E-state index contributed by atoms with van der Waals surface area (Å²) < 4.78 is 7.48. The molecule has 0 saturated carbocycles. The number of rotatable bonds is 4. The Kier molecular flexibility index (Phi) is 5.96. The lowest BCUT2D eigenvalue weighted by atomic mass is 10.2. The minimum absolute atomic E-state index is 0.123. The van der Waals surface area contributed by atoms with E-state index in [9.17, 15) is 15.3 Å². The molecule has 5 nitrogen and oxygen atoms in total. The minimum atomic E-state index is -0.313. The molecular weight excluding hydrogens is 394 g/mol. The molecule has 0 unspecified atom stereocenters. The summed E-state index contributed by atoms with van der Waals surface area (Å²) in [4.78, 5) is 13.1. The van der Waals surface area contributed by atoms with E-state index >= 15 is 0 Å². The van der Waals surface area contributed by atoms with Crippen LogP contribution in [0.15, 0.2) is 53.3 Å². The normalized spacial score (nSPS) is 10.9. The van der Waals surface area contributed by atoms with E-state index in [1.54, 1.807) is 48.5 Å². The molecule has 0 amide bonds. The summed E-state index contributed by atoms with van der Waals surface area (Å²) in [6.45, 7) is 2.41. The lowest BCUT2D eigenvalue weighted by Crippen LogP contribution is -2.30. The molecule has 0 spiro atoms. The lowest BCUT2D eigenvalue weighted by molar-refractivity contribution is 0.340. The fourth-order valence-corrected chi connectivity index (χ4v) is 3.86. The van der Waals surface area contributed by atoms with E-state index in [0.717, 1.165) is 16.9 Å². The van der Waals surface area contributed by atoms with Crippen molar-refractivity contribution < 1.29 is 4.74 Å². The quantitative estimate of drug-likeness (QED) is 0.666. The van der Waals surface area contributed by atoms with Crippen LogP contribution in [-0.4, -0.2) is 11.2 Å². The fraction of sp³-hybridized carbons (Fsp3) is 0.0952. The van der Waals surface area contributed by atoms with Crippen LogP contribution in [0.1, 0.15) is 12.5 Å². The molecule has 1 heterocycles. The second-order valence-electron chi connectivity index (χ2n) is 5.64. The molecule has 0 N–H and O–H groups in total. The highest BCUT2D eigenvalue weighted by molar-refractivity contribution is 7.07. The second kappa shape index (κ2) is 8.58. The number of nitriles is 2. The van der Waals surface area contributed by atoms with E-state index in [0.29, 0.717) is 27.6 Å². The molecular formula is C21H14ClN3O2S. The second-order valence-corrected chi connectivity index (χ2v) is 7.10. The van der Waals surface area contributed by atoms with Crippen molar-refractivity contribution in [3.05, 3.63) is 78.7 Å². The predicted octanol–water partition coefficient (Wildman–Crippen LogP) is 2.98. The van der Waals surface area contributed by atoms with Gasteiger partial charge in [0.2, 0.25) is 0 Å². The van der Waals surface area contributed by atoms with Crippen LogP contribution >= 0.6 is 22.9 Å². The van der Waals surface area contributed by atoms with Gasteiger partial charge in [-0.1, -0.05) is 23.7 Å². The molecule has 0 radical (unpaired) electrons. The Bertz CT molecular complexity index is 1260. The van der Waals surface area contributed by atoms with Gasteiger partial charge in [-0.25, -0.2) is 0 Å². The molecule has 0 atom stereocenters. The van der Waals surface area contributed by atoms with Gasteiger partial charge in [0.15, 0.2) is 5.57 Å². The number of thiazole rings is 1. The topological polar surface area (TPSA) is 78.8 Å². The average Bonchev–Trinajstić information content (AvgIpc) is 3.00. The van der Waals surface area contributed by atoms with Gasteiger partial charge >= 0.3 is 0 Å². The molecule has 7 heteroatoms. The number of nitrogens with zero attached hydrogens (tertiary/aromatic N) is 3. The van der Waals surface area contributed by atoms with Crippen LogP contribution in [0, 0.1) is 22.7 Å². The Hall–Kier alpha value is -3.32. The molecule has 0 aliphatic heterocycles. The Morgan fingerprint density at radius 2 is 1.93 bits per heavy atom. The molecule has 1 aromatic heterocycles. The van der Waals surface area contributed by atoms with Crippen molar-refractivity contribution in [2.45, 2.75) is 6.92 Å². The number of ether oxygens (including phenoxy) is 1. The summed E-state index contributed by atoms with van der Waals surface area (Å²) >= 11 is 7.11. The molecule has 138 valence electrons. The van der Waals surface area contributed by atoms with Crippen molar-refractivity contribution in [3.8, 4) is 23.6 Å². The predicted molar refractivity (Wildman–Crippen MR) is 110 cm³/mol. The first-order valence-corrected chi connectivity index (χ1v) is 9.53. The summed E-state index contributed by atoms with van der Waals surface area (Å²) in [5.41, 5.74) is 0.869. The van der Waals surface area contributed by atoms with Crippen LogP contribution in [-0.2, 0) is 0 Å². The third kappa shape index (κ3) is 3.99. The van der Waals surface area contributed by atoms with Crippen LogP contribution in [0.5, 0.6) is 5.75 Å². The van der Waals surface area contributed by atoms with Gasteiger partial charge in [-0.15, -0.1) is 11.3 Å². The maximum absolute atomic E-state index is 13.1. The molecule has 28 heavy (non-hydrogen) atoms. The maximum Gasteiger partial charge on any atom is 0.273 e. The number of benzene rings is 2. The third-order valence-electron chi connectivity index (χ3n) is 3.81. The van der Waals surface area contributed by atoms with E-state index in [-0.39, 0.29) is 15.8 Å². The number of hydrogen-bond acceptors (Lipinski definition) is 5. The molecule has 3 rings (SSSR count). The van der Waals surface area contributed by atoms with Crippen LogP contribution in [0.4, 0.5) is 0 Å². The van der Waals surface area contributed by atoms with Crippen molar-refractivity contribution >= 4 is 34.6 Å². The molecule has 0 fully saturated rings. The highest BCUT2D eigenvalue weighted by atomic mass is 35.5. The van der Waals surface area contributed by atoms with Gasteiger partial charge in [0.1, 0.15) is 22.6 Å². The van der Waals surface area contributed by atoms with Gasteiger partial charge < -0.3 is 4.74 Å². The van der Waals surface area contributed by atoms with Crippen LogP contribution in [0.2, 0.25) is 5.02 Å². The average molecular weight is 408 g/mol. The van der Waals surface area contributed by atoms with Gasteiger partial charge in [0, 0.05) is 5.02 Å². The van der Waals surface area contributed by atoms with Crippen LogP contribution in [0.25, 0.3) is 17.3 Å². The monoisotopic (exact) mass is 407 g/mol. The van der Waals surface area contributed by atoms with Gasteiger partial charge in [-0.3, -0.25) is 9.36 Å². The standard InChI is InChI=1S/C21H14ClN3O2S/c1-2-27-18-8-6-17(7-9-18)25-20(26)19(28-21(25)15(12-23)13-24)11-14-4-3-5-16(22)10-14/h3-11H,2H2,1H3/b19-11+. The Morgan fingerprint density at radius 3 is 2.54 bits per heavy atom. The van der Waals surface area contributed by atoms with Crippen LogP contribution in [0.3, 0.4) is 0 Å². The summed E-state index contributed by atoms with van der Waals surface area (Å²) in [5, 5.41) is 19.2. The molecule has 0 aliphatic rings. The summed E-state index contributed by atoms with van der Waals surface area (Å²) in [6.07, 6.45) is 1.69. The maximum atomic E-state index is 13.1. The van der Waals surface area contributed by atoms with Crippen LogP contribution < -0.4 is 19.5 Å². The third-order valence-corrected chi connectivity index (χ3v) is 5.14. The zero-order chi connectivity index (χ0) is 20.1. The first-order valence-electron chi connectivity index (χ1n) is 8.34. The number of hydrogen-bond donors (Lipinski definition) is 0. The minimum Gasteiger partial charge on any atom is -0.494 e. The van der Waals surface area contributed by atoms with Crippen molar-refractivity contribution in [1.29, 1.82) is 10.5 Å². The highest BCUT2D eigenvalue weighted by Crippen LogP contribution is 2.14.